The van der Waals surface area contributed by atoms with Crippen LogP contribution in [0.25, 0.3) is 0 Å². The second kappa shape index (κ2) is 4.39. The van der Waals surface area contributed by atoms with Crippen molar-refractivity contribution in [3.63, 3.8) is 0 Å². The summed E-state index contributed by atoms with van der Waals surface area (Å²) >= 11 is 0. The molecular weight excluding hydrogens is 218 g/mol. The van der Waals surface area contributed by atoms with Crippen LogP contribution in [0.2, 0.25) is 0 Å². The average Bonchev–Trinajstić information content (AvgIpc) is 2.24. The zero-order valence-corrected chi connectivity index (χ0v) is 9.27. The first-order chi connectivity index (χ1) is 8.18. The van der Waals surface area contributed by atoms with E-state index in [1.807, 2.05) is 12.1 Å². The third kappa shape index (κ3) is 2.05. The van der Waals surface area contributed by atoms with Gasteiger partial charge in [-0.15, -0.1) is 0 Å². The number of urea groups is 1. The lowest BCUT2D eigenvalue weighted by Gasteiger charge is -2.38. The quantitative estimate of drug-likeness (QED) is 0.615. The van der Waals surface area contributed by atoms with Gasteiger partial charge in [0, 0.05) is 11.3 Å². The van der Waals surface area contributed by atoms with Gasteiger partial charge in [0.15, 0.2) is 0 Å². The van der Waals surface area contributed by atoms with Crippen LogP contribution in [0.3, 0.4) is 0 Å². The van der Waals surface area contributed by atoms with Gasteiger partial charge in [-0.3, -0.25) is 0 Å². The van der Waals surface area contributed by atoms with Crippen molar-refractivity contribution in [3.05, 3.63) is 29.8 Å². The molecule has 3 N–H and O–H groups in total. The van der Waals surface area contributed by atoms with Crippen molar-refractivity contribution in [3.8, 4) is 0 Å². The molecule has 0 heterocycles. The van der Waals surface area contributed by atoms with Crippen LogP contribution in [0.15, 0.2) is 29.3 Å². The molecule has 2 rings (SSSR count). The highest BCUT2D eigenvalue weighted by molar-refractivity contribution is 5.89. The van der Waals surface area contributed by atoms with Crippen LogP contribution >= 0.6 is 0 Å². The van der Waals surface area contributed by atoms with Crippen molar-refractivity contribution >= 4 is 17.8 Å². The molecule has 1 aliphatic carbocycles. The predicted molar refractivity (Wildman–Crippen MR) is 63.3 cm³/mol. The molecule has 0 bridgehead atoms. The number of anilines is 1. The highest BCUT2D eigenvalue weighted by Crippen LogP contribution is 2.47. The van der Waals surface area contributed by atoms with Crippen molar-refractivity contribution < 1.29 is 9.59 Å². The van der Waals surface area contributed by atoms with E-state index in [-0.39, 0.29) is 0 Å². The summed E-state index contributed by atoms with van der Waals surface area (Å²) in [6.45, 7) is 0. The van der Waals surface area contributed by atoms with Crippen LogP contribution in [0.4, 0.5) is 10.5 Å². The molecule has 1 aliphatic rings. The second-order valence-electron chi connectivity index (χ2n) is 4.12. The van der Waals surface area contributed by atoms with Crippen LogP contribution in [0, 0.1) is 0 Å². The first-order valence-electron chi connectivity index (χ1n) is 5.43. The lowest BCUT2D eigenvalue weighted by Crippen LogP contribution is -2.33. The number of amides is 2. The van der Waals surface area contributed by atoms with Crippen LogP contribution in [-0.4, -0.2) is 12.1 Å². The Labute approximate surface area is 98.7 Å². The number of nitrogens with two attached hydrogens (primary N) is 1. The van der Waals surface area contributed by atoms with Crippen LogP contribution < -0.4 is 11.1 Å². The van der Waals surface area contributed by atoms with Gasteiger partial charge in [0.1, 0.15) is 5.54 Å². The molecule has 1 aromatic carbocycles. The summed E-state index contributed by atoms with van der Waals surface area (Å²) in [5.41, 5.74) is 6.02. The molecule has 0 spiro atoms. The van der Waals surface area contributed by atoms with E-state index in [2.05, 4.69) is 10.3 Å². The molecule has 0 aromatic heterocycles. The largest absolute Gasteiger partial charge is 0.351 e. The molecule has 88 valence electrons. The molecule has 0 unspecified atom stereocenters. The smallest absolute Gasteiger partial charge is 0.316 e. The first kappa shape index (κ1) is 11.4. The number of aliphatic imine (C=N–C) groups is 1. The molecule has 0 radical (unpaired) electrons. The Morgan fingerprint density at radius 2 is 2.12 bits per heavy atom. The fraction of sp³-hybridized carbons (Fsp3) is 0.333. The summed E-state index contributed by atoms with van der Waals surface area (Å²) in [4.78, 5) is 25.3. The molecule has 5 heteroatoms. The van der Waals surface area contributed by atoms with Crippen molar-refractivity contribution in [1.82, 2.24) is 0 Å². The van der Waals surface area contributed by atoms with Gasteiger partial charge in [-0.25, -0.2) is 9.59 Å². The van der Waals surface area contributed by atoms with Gasteiger partial charge in [0.25, 0.3) is 0 Å². The van der Waals surface area contributed by atoms with Crippen molar-refractivity contribution in [1.29, 1.82) is 0 Å². The minimum absolute atomic E-state index is 0.527. The third-order valence-corrected chi connectivity index (χ3v) is 3.13. The number of benzene rings is 1. The summed E-state index contributed by atoms with van der Waals surface area (Å²) in [5.74, 6) is 0. The van der Waals surface area contributed by atoms with Gasteiger partial charge >= 0.3 is 6.03 Å². The van der Waals surface area contributed by atoms with Crippen molar-refractivity contribution in [2.45, 2.75) is 24.8 Å². The predicted octanol–water partition coefficient (Wildman–Crippen LogP) is 1.89. The number of nitrogens with zero attached hydrogens (tertiary/aromatic N) is 1. The zero-order valence-electron chi connectivity index (χ0n) is 9.27. The van der Waals surface area contributed by atoms with Gasteiger partial charge < -0.3 is 11.1 Å². The fourth-order valence-corrected chi connectivity index (χ4v) is 2.17. The molecule has 1 fully saturated rings. The number of nitrogens with one attached hydrogen (secondary N) is 1. The molecule has 5 nitrogen and oxygen atoms in total. The summed E-state index contributed by atoms with van der Waals surface area (Å²) in [7, 11) is 0. The van der Waals surface area contributed by atoms with Crippen molar-refractivity contribution in [2.75, 3.05) is 5.32 Å². The average molecular weight is 231 g/mol. The van der Waals surface area contributed by atoms with E-state index in [0.717, 1.165) is 24.8 Å². The normalized spacial score (nSPS) is 16.5. The molecular formula is C12H13N3O2. The van der Waals surface area contributed by atoms with Crippen molar-refractivity contribution in [2.24, 2.45) is 10.7 Å². The Morgan fingerprint density at radius 1 is 1.41 bits per heavy atom. The maximum Gasteiger partial charge on any atom is 0.316 e. The minimum atomic E-state index is -0.623. The van der Waals surface area contributed by atoms with Gasteiger partial charge in [0.2, 0.25) is 6.08 Å². The van der Waals surface area contributed by atoms with Crippen LogP contribution in [0.5, 0.6) is 0 Å². The highest BCUT2D eigenvalue weighted by Gasteiger charge is 2.40. The van der Waals surface area contributed by atoms with E-state index >= 15 is 0 Å². The number of isocyanates is 1. The minimum Gasteiger partial charge on any atom is -0.351 e. The maximum absolute atomic E-state index is 10.9. The number of carbonyl (C=O) groups excluding carboxylic acids is 2. The van der Waals surface area contributed by atoms with Gasteiger partial charge in [-0.1, -0.05) is 18.2 Å². The molecule has 1 saturated carbocycles. The molecule has 0 atom stereocenters. The van der Waals surface area contributed by atoms with Crippen LogP contribution in [0.1, 0.15) is 24.8 Å². The monoisotopic (exact) mass is 231 g/mol. The maximum atomic E-state index is 10.9. The Morgan fingerprint density at radius 3 is 2.65 bits per heavy atom. The summed E-state index contributed by atoms with van der Waals surface area (Å²) in [5, 5.41) is 2.55. The Bertz CT molecular complexity index is 488. The second-order valence-corrected chi connectivity index (χ2v) is 4.12. The Balaban J connectivity index is 2.43. The first-order valence-corrected chi connectivity index (χ1v) is 5.43. The van der Waals surface area contributed by atoms with E-state index in [1.54, 1.807) is 18.2 Å². The van der Waals surface area contributed by atoms with E-state index in [0.29, 0.717) is 5.69 Å². The molecule has 0 saturated heterocycles. The summed E-state index contributed by atoms with van der Waals surface area (Å²) < 4.78 is 0. The van der Waals surface area contributed by atoms with Gasteiger partial charge in [-0.2, -0.15) is 4.99 Å². The van der Waals surface area contributed by atoms with E-state index in [9.17, 15) is 9.59 Å². The Hall–Kier alpha value is -2.13. The fourth-order valence-electron chi connectivity index (χ4n) is 2.17. The number of hydrogen-bond donors (Lipinski definition) is 2. The molecule has 1 aromatic rings. The number of hydrogen-bond acceptors (Lipinski definition) is 3. The zero-order chi connectivity index (χ0) is 12.3. The van der Waals surface area contributed by atoms with E-state index < -0.39 is 11.6 Å². The number of primary amides is 1. The molecule has 0 aliphatic heterocycles. The standard InChI is InChI=1S/C12H13N3O2/c13-11(17)15-10-5-2-1-4-9(10)12(14-8-16)6-3-7-12/h1-2,4-5H,3,6-7H2,(H3,13,15,17). The topological polar surface area (TPSA) is 84.6 Å². The number of para-hydroxylation sites is 1. The lowest BCUT2D eigenvalue weighted by molar-refractivity contribution is 0.255. The summed E-state index contributed by atoms with van der Waals surface area (Å²) in [6.07, 6.45) is 4.21. The summed E-state index contributed by atoms with van der Waals surface area (Å²) in [6, 6.07) is 6.63. The number of carbonyl (C=O) groups is 1. The Kier molecular flexibility index (Phi) is 2.93. The van der Waals surface area contributed by atoms with E-state index in [4.69, 9.17) is 5.73 Å². The highest BCUT2D eigenvalue weighted by atomic mass is 16.2. The molecule has 17 heavy (non-hydrogen) atoms. The van der Waals surface area contributed by atoms with E-state index in [1.165, 1.54) is 0 Å². The van der Waals surface area contributed by atoms with Crippen LogP contribution in [-0.2, 0) is 10.3 Å². The third-order valence-electron chi connectivity index (χ3n) is 3.13. The molecule has 2 amide bonds. The SMILES string of the molecule is NC(=O)Nc1ccccc1C1(N=C=O)CCC1. The lowest BCUT2D eigenvalue weighted by atomic mass is 9.72. The van der Waals surface area contributed by atoms with Gasteiger partial charge in [-0.05, 0) is 25.3 Å². The van der Waals surface area contributed by atoms with Gasteiger partial charge in [0.05, 0.1) is 0 Å². The number of rotatable bonds is 3.